The second-order valence-corrected chi connectivity index (χ2v) is 9.58. The molecule has 0 aromatic heterocycles. The van der Waals surface area contributed by atoms with Crippen LogP contribution in [-0.2, 0) is 12.6 Å². The Hall–Kier alpha value is -0.0171. The molecule has 0 atom stereocenters. The summed E-state index contributed by atoms with van der Waals surface area (Å²) in [6, 6.07) is 9.62. The number of hydrogen-bond acceptors (Lipinski definition) is 1. The molecule has 0 aliphatic heterocycles. The molecule has 0 heterocycles. The molecule has 0 spiro atoms. The van der Waals surface area contributed by atoms with Crippen LogP contribution in [0.15, 0.2) is 35.2 Å². The summed E-state index contributed by atoms with van der Waals surface area (Å²) in [5.74, 6) is 7.00. The molecule has 1 aromatic carbocycles. The molecule has 0 unspecified atom stereocenters. The van der Waals surface area contributed by atoms with Crippen molar-refractivity contribution in [2.45, 2.75) is 22.2 Å². The fourth-order valence-electron chi connectivity index (χ4n) is 0.420. The summed E-state index contributed by atoms with van der Waals surface area (Å²) in [6.07, 6.45) is 0. The predicted molar refractivity (Wildman–Crippen MR) is 55.4 cm³/mol. The summed E-state index contributed by atoms with van der Waals surface area (Å²) in [6.45, 7) is 0. The molecule has 1 aromatic rings. The Morgan fingerprint density at radius 1 is 1.00 bits per heavy atom. The number of rotatable bonds is 0. The van der Waals surface area contributed by atoms with E-state index in [2.05, 4.69) is 17.3 Å². The Kier molecular flexibility index (Phi) is 6.67. The molecule has 11 heavy (non-hydrogen) atoms. The monoisotopic (exact) mass is 228 g/mol. The molecule has 1 rings (SSSR count). The van der Waals surface area contributed by atoms with Gasteiger partial charge in [-0.2, -0.15) is 4.90 Å². The van der Waals surface area contributed by atoms with Crippen LogP contribution in [-0.4, -0.2) is 14.3 Å². The van der Waals surface area contributed by atoms with Crippen molar-refractivity contribution in [2.24, 2.45) is 0 Å². The summed E-state index contributed by atoms with van der Waals surface area (Å²) in [7, 11) is 0. The molecule has 0 fully saturated rings. The summed E-state index contributed by atoms with van der Waals surface area (Å²) in [5, 5.41) is 0. The van der Waals surface area contributed by atoms with E-state index in [9.17, 15) is 0 Å². The first kappa shape index (κ1) is 11.0. The molecule has 0 nitrogen and oxygen atoms in total. The molecule has 0 saturated heterocycles. The third kappa shape index (κ3) is 9.98. The van der Waals surface area contributed by atoms with Crippen LogP contribution in [0.25, 0.3) is 0 Å². The van der Waals surface area contributed by atoms with Gasteiger partial charge in [0.25, 0.3) is 0 Å². The van der Waals surface area contributed by atoms with Gasteiger partial charge in [0.05, 0.1) is 0 Å². The fraction of sp³-hybridized carbons (Fsp3) is 0.333. The van der Waals surface area contributed by atoms with Crippen molar-refractivity contribution in [3.05, 3.63) is 30.3 Å². The van der Waals surface area contributed by atoms with E-state index < -0.39 is 0 Å². The van der Waals surface area contributed by atoms with Gasteiger partial charge in [0.2, 0.25) is 0 Å². The van der Waals surface area contributed by atoms with Crippen LogP contribution in [0.1, 0.15) is 0 Å². The van der Waals surface area contributed by atoms with Crippen molar-refractivity contribution < 1.29 is 0 Å². The Morgan fingerprint density at radius 2 is 1.36 bits per heavy atom. The zero-order chi connectivity index (χ0) is 8.69. The van der Waals surface area contributed by atoms with E-state index in [1.807, 2.05) is 30.3 Å². The average molecular weight is 227 g/mol. The quantitative estimate of drug-likeness (QED) is 0.484. The van der Waals surface area contributed by atoms with E-state index in [0.29, 0.717) is 0 Å². The second-order valence-electron chi connectivity index (χ2n) is 2.81. The molecule has 0 bridgehead atoms. The van der Waals surface area contributed by atoms with E-state index in [1.54, 1.807) is 0 Å². The van der Waals surface area contributed by atoms with Crippen LogP contribution in [0.4, 0.5) is 0 Å². The minimum Gasteiger partial charge on any atom is -0.780 e. The van der Waals surface area contributed by atoms with Gasteiger partial charge in [-0.3, -0.25) is 0 Å². The normalized spacial score (nSPS) is 8.73. The van der Waals surface area contributed by atoms with E-state index in [0.717, 1.165) is 4.90 Å². The maximum Gasteiger partial charge on any atom is -0.0624 e. The van der Waals surface area contributed by atoms with Crippen molar-refractivity contribution in [2.75, 3.05) is 0 Å². The van der Waals surface area contributed by atoms with Crippen molar-refractivity contribution >= 4 is 27.0 Å². The molecule has 61 valence electrons. The van der Waals surface area contributed by atoms with E-state index in [-0.39, 0.29) is 14.3 Å². The van der Waals surface area contributed by atoms with Gasteiger partial charge in [-0.25, -0.2) is 0 Å². The van der Waals surface area contributed by atoms with Crippen molar-refractivity contribution in [1.29, 1.82) is 0 Å². The SMILES string of the molecule is [CH3][Ge]([CH3])[CH3].[S-]c1ccccc1. The van der Waals surface area contributed by atoms with E-state index in [4.69, 9.17) is 12.6 Å². The Bertz CT molecular complexity index is 169. The van der Waals surface area contributed by atoms with Crippen LogP contribution in [0.3, 0.4) is 0 Å². The van der Waals surface area contributed by atoms with Gasteiger partial charge >= 0.3 is 31.6 Å². The summed E-state index contributed by atoms with van der Waals surface area (Å²) in [5.41, 5.74) is 0. The Balaban J connectivity index is 0.000000218. The molecular formula is C9H14GeS-. The minimum absolute atomic E-state index is 0.333. The Morgan fingerprint density at radius 3 is 1.55 bits per heavy atom. The van der Waals surface area contributed by atoms with Gasteiger partial charge in [0, 0.05) is 0 Å². The minimum atomic E-state index is -0.333. The van der Waals surface area contributed by atoms with E-state index >= 15 is 0 Å². The molecule has 0 aliphatic rings. The van der Waals surface area contributed by atoms with Gasteiger partial charge in [-0.05, 0) is 0 Å². The van der Waals surface area contributed by atoms with Crippen LogP contribution < -0.4 is 0 Å². The third-order valence-electron chi connectivity index (χ3n) is 0.743. The van der Waals surface area contributed by atoms with Crippen molar-refractivity contribution in [3.63, 3.8) is 0 Å². The van der Waals surface area contributed by atoms with Crippen LogP contribution >= 0.6 is 0 Å². The van der Waals surface area contributed by atoms with Crippen molar-refractivity contribution in [1.82, 2.24) is 0 Å². The predicted octanol–water partition coefficient (Wildman–Crippen LogP) is 2.96. The smallest absolute Gasteiger partial charge is 0.0624 e. The molecule has 0 amide bonds. The maximum absolute atomic E-state index is 4.81. The van der Waals surface area contributed by atoms with Gasteiger partial charge in [0.1, 0.15) is 0 Å². The zero-order valence-electron chi connectivity index (χ0n) is 7.29. The molecule has 2 heteroatoms. The van der Waals surface area contributed by atoms with Gasteiger partial charge in [-0.1, -0.05) is 30.3 Å². The molecule has 0 saturated carbocycles. The standard InChI is InChI=1S/C6H6S.C3H9Ge/c7-6-4-2-1-3-5-6;1-4(2)3/h1-5,7H;1-3H3/p-1. The van der Waals surface area contributed by atoms with E-state index in [1.165, 1.54) is 0 Å². The first-order valence-corrected chi connectivity index (χ1v) is 10.3. The summed E-state index contributed by atoms with van der Waals surface area (Å²) < 4.78 is 0. The Labute approximate surface area is 79.5 Å². The first-order valence-electron chi connectivity index (χ1n) is 3.61. The molecule has 1 radical (unpaired) electrons. The van der Waals surface area contributed by atoms with Crippen LogP contribution in [0.2, 0.25) is 17.3 Å². The third-order valence-corrected chi connectivity index (χ3v) is 1.02. The summed E-state index contributed by atoms with van der Waals surface area (Å²) >= 11 is 4.48. The number of hydrogen-bond donors (Lipinski definition) is 0. The second kappa shape index (κ2) is 6.68. The van der Waals surface area contributed by atoms with Crippen molar-refractivity contribution in [3.8, 4) is 0 Å². The maximum atomic E-state index is 4.81. The fourth-order valence-corrected chi connectivity index (χ4v) is 0.578. The summed E-state index contributed by atoms with van der Waals surface area (Å²) in [4.78, 5) is 0.905. The first-order chi connectivity index (χ1) is 5.13. The van der Waals surface area contributed by atoms with Gasteiger partial charge in [0.15, 0.2) is 0 Å². The van der Waals surface area contributed by atoms with Gasteiger partial charge in [-0.15, -0.1) is 0 Å². The van der Waals surface area contributed by atoms with Gasteiger partial charge < -0.3 is 12.6 Å². The molecule has 0 aliphatic carbocycles. The molecule has 0 N–H and O–H groups in total. The zero-order valence-corrected chi connectivity index (χ0v) is 10.2. The average Bonchev–Trinajstić information content (AvgIpc) is 1.87. The van der Waals surface area contributed by atoms with Crippen LogP contribution in [0.5, 0.6) is 0 Å². The topological polar surface area (TPSA) is 0 Å². The number of benzene rings is 1. The molecular weight excluding hydrogens is 213 g/mol. The van der Waals surface area contributed by atoms with Crippen LogP contribution in [0, 0.1) is 0 Å². The largest absolute Gasteiger partial charge is 0.780 e.